The fraction of sp³-hybridized carbons (Fsp3) is 0.562. The van der Waals surface area contributed by atoms with Gasteiger partial charge in [0, 0.05) is 13.6 Å². The van der Waals surface area contributed by atoms with Gasteiger partial charge in [0.25, 0.3) is 0 Å². The molecule has 2 amide bonds. The predicted molar refractivity (Wildman–Crippen MR) is 83.6 cm³/mol. The van der Waals surface area contributed by atoms with E-state index in [4.69, 9.17) is 4.74 Å². The van der Waals surface area contributed by atoms with Crippen molar-refractivity contribution in [3.63, 3.8) is 0 Å². The number of likely N-dealkylation sites (N-methyl/N-ethyl adjacent to an activating group) is 1. The second-order valence-electron chi connectivity index (χ2n) is 5.86. The van der Waals surface area contributed by atoms with Crippen LogP contribution < -0.4 is 10.1 Å². The van der Waals surface area contributed by atoms with Gasteiger partial charge < -0.3 is 20.1 Å². The number of ether oxygens (including phenoxy) is 1. The summed E-state index contributed by atoms with van der Waals surface area (Å²) < 4.78 is 5.18. The minimum absolute atomic E-state index is 0.164. The molecule has 0 aromatic heterocycles. The third-order valence-electron chi connectivity index (χ3n) is 3.02. The van der Waals surface area contributed by atoms with E-state index in [0.717, 1.165) is 18.6 Å². The van der Waals surface area contributed by atoms with Crippen LogP contribution in [0.15, 0.2) is 24.3 Å². The van der Waals surface area contributed by atoms with Crippen molar-refractivity contribution >= 4 is 6.03 Å². The molecule has 0 atom stereocenters. The number of aliphatic hydroxyl groups is 1. The molecule has 0 radical (unpaired) electrons. The molecule has 118 valence electrons. The highest BCUT2D eigenvalue weighted by Crippen LogP contribution is 2.13. The minimum atomic E-state index is -0.882. The zero-order valence-corrected chi connectivity index (χ0v) is 13.3. The Balaban J connectivity index is 2.28. The number of carbonyl (C=O) groups excluding carboxylic acids is 1. The summed E-state index contributed by atoms with van der Waals surface area (Å²) in [5.74, 6) is 0.849. The molecule has 21 heavy (non-hydrogen) atoms. The first-order valence-electron chi connectivity index (χ1n) is 7.16. The fourth-order valence-electron chi connectivity index (χ4n) is 2.10. The number of hydrogen-bond donors (Lipinski definition) is 2. The minimum Gasteiger partial charge on any atom is -0.497 e. The maximum atomic E-state index is 11.8. The van der Waals surface area contributed by atoms with Crippen molar-refractivity contribution in [1.82, 2.24) is 10.2 Å². The Bertz CT molecular complexity index is 455. The highest BCUT2D eigenvalue weighted by molar-refractivity contribution is 5.73. The van der Waals surface area contributed by atoms with Crippen LogP contribution in [0.5, 0.6) is 5.75 Å². The van der Waals surface area contributed by atoms with Crippen LogP contribution in [-0.2, 0) is 6.42 Å². The van der Waals surface area contributed by atoms with E-state index >= 15 is 0 Å². The molecule has 0 aliphatic heterocycles. The van der Waals surface area contributed by atoms with Crippen molar-refractivity contribution < 1.29 is 14.6 Å². The molecule has 1 aromatic carbocycles. The van der Waals surface area contributed by atoms with Gasteiger partial charge in [0.15, 0.2) is 0 Å². The first-order valence-corrected chi connectivity index (χ1v) is 7.16. The van der Waals surface area contributed by atoms with Crippen molar-refractivity contribution in [2.45, 2.75) is 32.3 Å². The van der Waals surface area contributed by atoms with Crippen LogP contribution in [-0.4, -0.2) is 48.9 Å². The van der Waals surface area contributed by atoms with Gasteiger partial charge in [0.1, 0.15) is 5.75 Å². The Morgan fingerprint density at radius 3 is 2.76 bits per heavy atom. The van der Waals surface area contributed by atoms with E-state index in [-0.39, 0.29) is 6.03 Å². The molecule has 2 N–H and O–H groups in total. The predicted octanol–water partition coefficient (Wildman–Crippen LogP) is 2.04. The standard InChI is InChI=1S/C16H26N2O3/c1-16(2,20)12-18(3)15(19)17-10-6-8-13-7-5-9-14(11-13)21-4/h5,7,9,11,20H,6,8,10,12H2,1-4H3,(H,17,19). The molecule has 0 bridgehead atoms. The Kier molecular flexibility index (Phi) is 6.49. The molecule has 0 fully saturated rings. The summed E-state index contributed by atoms with van der Waals surface area (Å²) >= 11 is 0. The number of methoxy groups -OCH3 is 1. The average Bonchev–Trinajstić information content (AvgIpc) is 2.41. The molecule has 0 aliphatic rings. The number of urea groups is 1. The summed E-state index contributed by atoms with van der Waals surface area (Å²) in [4.78, 5) is 13.3. The number of benzene rings is 1. The van der Waals surface area contributed by atoms with Crippen LogP contribution in [0, 0.1) is 0 Å². The SMILES string of the molecule is COc1cccc(CCCNC(=O)N(C)CC(C)(C)O)c1. The van der Waals surface area contributed by atoms with Gasteiger partial charge in [-0.25, -0.2) is 4.79 Å². The van der Waals surface area contributed by atoms with Gasteiger partial charge in [0.2, 0.25) is 0 Å². The maximum Gasteiger partial charge on any atom is 0.317 e. The van der Waals surface area contributed by atoms with Gasteiger partial charge in [-0.3, -0.25) is 0 Å². The first-order chi connectivity index (χ1) is 9.81. The second-order valence-corrected chi connectivity index (χ2v) is 5.86. The van der Waals surface area contributed by atoms with Gasteiger partial charge in [-0.05, 0) is 44.4 Å². The molecule has 0 heterocycles. The lowest BCUT2D eigenvalue weighted by atomic mass is 10.1. The number of hydrogen-bond acceptors (Lipinski definition) is 3. The highest BCUT2D eigenvalue weighted by atomic mass is 16.5. The number of aryl methyl sites for hydroxylation is 1. The van der Waals surface area contributed by atoms with E-state index in [2.05, 4.69) is 5.32 Å². The molecule has 0 saturated heterocycles. The average molecular weight is 294 g/mol. The summed E-state index contributed by atoms with van der Waals surface area (Å²) in [5.41, 5.74) is 0.306. The van der Waals surface area contributed by atoms with Crippen LogP contribution in [0.4, 0.5) is 4.79 Å². The monoisotopic (exact) mass is 294 g/mol. The first kappa shape index (κ1) is 17.3. The molecule has 5 nitrogen and oxygen atoms in total. The Morgan fingerprint density at radius 1 is 1.43 bits per heavy atom. The van der Waals surface area contributed by atoms with Crippen LogP contribution in [0.2, 0.25) is 0 Å². The van der Waals surface area contributed by atoms with Crippen LogP contribution >= 0.6 is 0 Å². The smallest absolute Gasteiger partial charge is 0.317 e. The van der Waals surface area contributed by atoms with Crippen molar-refractivity contribution in [3.05, 3.63) is 29.8 Å². The lowest BCUT2D eigenvalue weighted by Gasteiger charge is -2.25. The van der Waals surface area contributed by atoms with E-state index in [1.807, 2.05) is 24.3 Å². The normalized spacial score (nSPS) is 11.1. The number of rotatable bonds is 7. The van der Waals surface area contributed by atoms with Crippen molar-refractivity contribution in [2.24, 2.45) is 0 Å². The molecular weight excluding hydrogens is 268 g/mol. The zero-order chi connectivity index (χ0) is 15.9. The van der Waals surface area contributed by atoms with E-state index in [9.17, 15) is 9.90 Å². The van der Waals surface area contributed by atoms with Gasteiger partial charge in [-0.2, -0.15) is 0 Å². The molecule has 0 spiro atoms. The summed E-state index contributed by atoms with van der Waals surface area (Å²) in [6, 6.07) is 7.76. The van der Waals surface area contributed by atoms with E-state index < -0.39 is 5.60 Å². The molecule has 0 aliphatic carbocycles. The molecule has 5 heteroatoms. The van der Waals surface area contributed by atoms with E-state index in [0.29, 0.717) is 13.1 Å². The van der Waals surface area contributed by atoms with E-state index in [1.54, 1.807) is 28.0 Å². The highest BCUT2D eigenvalue weighted by Gasteiger charge is 2.18. The molecular formula is C16H26N2O3. The Labute approximate surface area is 126 Å². The van der Waals surface area contributed by atoms with E-state index in [1.165, 1.54) is 10.5 Å². The fourth-order valence-corrected chi connectivity index (χ4v) is 2.10. The summed E-state index contributed by atoms with van der Waals surface area (Å²) in [7, 11) is 3.33. The second kappa shape index (κ2) is 7.88. The zero-order valence-electron chi connectivity index (χ0n) is 13.3. The van der Waals surface area contributed by atoms with Crippen molar-refractivity contribution in [3.8, 4) is 5.75 Å². The van der Waals surface area contributed by atoms with Crippen molar-refractivity contribution in [1.29, 1.82) is 0 Å². The lowest BCUT2D eigenvalue weighted by molar-refractivity contribution is 0.0532. The molecule has 0 saturated carbocycles. The third kappa shape index (κ3) is 6.99. The molecule has 1 rings (SSSR count). The summed E-state index contributed by atoms with van der Waals surface area (Å²) in [6.07, 6.45) is 1.74. The van der Waals surface area contributed by atoms with Crippen molar-refractivity contribution in [2.75, 3.05) is 27.2 Å². The molecule has 0 unspecified atom stereocenters. The third-order valence-corrected chi connectivity index (χ3v) is 3.02. The Morgan fingerprint density at radius 2 is 2.14 bits per heavy atom. The maximum absolute atomic E-state index is 11.8. The summed E-state index contributed by atoms with van der Waals surface area (Å²) in [6.45, 7) is 4.26. The molecule has 1 aromatic rings. The van der Waals surface area contributed by atoms with Gasteiger partial charge in [-0.15, -0.1) is 0 Å². The largest absolute Gasteiger partial charge is 0.497 e. The topological polar surface area (TPSA) is 61.8 Å². The Hall–Kier alpha value is -1.75. The van der Waals surface area contributed by atoms with Gasteiger partial charge in [0.05, 0.1) is 19.3 Å². The number of nitrogens with one attached hydrogen (secondary N) is 1. The van der Waals surface area contributed by atoms with Crippen LogP contribution in [0.3, 0.4) is 0 Å². The number of carbonyl (C=O) groups is 1. The van der Waals surface area contributed by atoms with Gasteiger partial charge in [-0.1, -0.05) is 12.1 Å². The van der Waals surface area contributed by atoms with Gasteiger partial charge >= 0.3 is 6.03 Å². The lowest BCUT2D eigenvalue weighted by Crippen LogP contribution is -2.44. The summed E-state index contributed by atoms with van der Waals surface area (Å²) in [5, 5.41) is 12.5. The van der Waals surface area contributed by atoms with Crippen LogP contribution in [0.25, 0.3) is 0 Å². The van der Waals surface area contributed by atoms with Crippen LogP contribution in [0.1, 0.15) is 25.8 Å². The number of nitrogens with zero attached hydrogens (tertiary/aromatic N) is 1. The quantitative estimate of drug-likeness (QED) is 0.757. The number of amides is 2.